The molecule has 0 aliphatic carbocycles. The van der Waals surface area contributed by atoms with Crippen molar-refractivity contribution in [2.75, 3.05) is 13.2 Å². The molecule has 8 rings (SSSR count). The predicted octanol–water partition coefficient (Wildman–Crippen LogP) is 8.32. The second kappa shape index (κ2) is 26.3. The highest BCUT2D eigenvalue weighted by Gasteiger charge is 1.95. The van der Waals surface area contributed by atoms with E-state index >= 15 is 0 Å². The van der Waals surface area contributed by atoms with Crippen LogP contribution in [0.5, 0.6) is 0 Å². The lowest BCUT2D eigenvalue weighted by atomic mass is 10.2. The van der Waals surface area contributed by atoms with Crippen LogP contribution in [-0.4, -0.2) is 33.4 Å². The number of hydrogen-bond donors (Lipinski definition) is 1. The van der Waals surface area contributed by atoms with Crippen LogP contribution >= 0.6 is 22.7 Å². The molecule has 6 aromatic heterocycles. The lowest BCUT2D eigenvalue weighted by Crippen LogP contribution is -2.22. The van der Waals surface area contributed by atoms with E-state index in [9.17, 15) is 5.21 Å². The number of furan rings is 1. The number of thiophene rings is 1. The second-order valence-electron chi connectivity index (χ2n) is 8.13. The average molecular weight is 616 g/mol. The SMILES string of the molecule is C1CCOCC1.[O-][n+]1ccccc1.c1ccc2occc2c1.c1ccncc1.c1ccsc1.c1cn[nH]c1.c1cscn1. The molecule has 0 saturated carbocycles. The number of rotatable bonds is 0. The number of thiazole rings is 1. The molecular formula is C33H37N5O3S2. The highest BCUT2D eigenvalue weighted by Crippen LogP contribution is 2.12. The topological polar surface area (TPSA) is 104 Å². The van der Waals surface area contributed by atoms with Crippen LogP contribution in [0.3, 0.4) is 0 Å². The summed E-state index contributed by atoms with van der Waals surface area (Å²) in [5.41, 5.74) is 2.75. The van der Waals surface area contributed by atoms with Gasteiger partial charge in [0.25, 0.3) is 0 Å². The van der Waals surface area contributed by atoms with Crippen molar-refractivity contribution in [1.29, 1.82) is 0 Å². The molecular weight excluding hydrogens is 579 g/mol. The van der Waals surface area contributed by atoms with Gasteiger partial charge in [-0.15, -0.1) is 11.3 Å². The van der Waals surface area contributed by atoms with Crippen molar-refractivity contribution in [3.8, 4) is 0 Å². The van der Waals surface area contributed by atoms with Crippen LogP contribution in [-0.2, 0) is 4.74 Å². The van der Waals surface area contributed by atoms with E-state index in [4.69, 9.17) is 9.15 Å². The summed E-state index contributed by atoms with van der Waals surface area (Å²) in [6, 6.07) is 26.7. The van der Waals surface area contributed by atoms with Gasteiger partial charge in [-0.05, 0) is 60.4 Å². The largest absolute Gasteiger partial charge is 0.619 e. The molecule has 10 heteroatoms. The van der Waals surface area contributed by atoms with Crippen LogP contribution in [0, 0.1) is 5.21 Å². The first-order valence-corrected chi connectivity index (χ1v) is 15.5. The van der Waals surface area contributed by atoms with Gasteiger partial charge in [-0.2, -0.15) is 21.2 Å². The number of H-pyrrole nitrogens is 1. The summed E-state index contributed by atoms with van der Waals surface area (Å²) in [6.45, 7) is 2.00. The van der Waals surface area contributed by atoms with Crippen molar-refractivity contribution in [2.45, 2.75) is 19.3 Å². The van der Waals surface area contributed by atoms with Crippen molar-refractivity contribution in [3.05, 3.63) is 161 Å². The Hall–Kier alpha value is -4.64. The number of aromatic amines is 1. The van der Waals surface area contributed by atoms with Gasteiger partial charge in [0.05, 0.1) is 11.8 Å². The summed E-state index contributed by atoms with van der Waals surface area (Å²) >= 11 is 3.31. The molecule has 224 valence electrons. The molecule has 43 heavy (non-hydrogen) atoms. The molecule has 0 atom stereocenters. The lowest BCUT2D eigenvalue weighted by Gasteiger charge is -2.08. The molecule has 0 amide bonds. The first-order valence-electron chi connectivity index (χ1n) is 13.6. The van der Waals surface area contributed by atoms with E-state index in [0.717, 1.165) is 28.9 Å². The number of para-hydroxylation sites is 1. The second-order valence-corrected chi connectivity index (χ2v) is 9.70. The zero-order chi connectivity index (χ0) is 30.3. The standard InChI is InChI=1S/C8H6O.C5H5NO.C5H5N.C5H10O.C4H4S.C3H4N2.C3H3NS/c1-2-4-8-7(3-1)5-6-9-8;7-6-4-2-1-3-5-6;2*1-2-4-6-5-3-1;2*1-2-4-5-3-1;1-2-5-3-4-1/h1-6H;1-5H;1-5H;1-5H2;1-4H;1-3H,(H,4,5);1-3H. The van der Waals surface area contributed by atoms with E-state index in [1.165, 1.54) is 31.7 Å². The minimum absolute atomic E-state index is 0.750. The molecule has 0 spiro atoms. The normalized spacial score (nSPS) is 10.8. The van der Waals surface area contributed by atoms with Gasteiger partial charge in [0.1, 0.15) is 5.58 Å². The number of nitrogens with one attached hydrogen (secondary N) is 1. The smallest absolute Gasteiger partial charge is 0.180 e. The zero-order valence-electron chi connectivity index (χ0n) is 23.9. The van der Waals surface area contributed by atoms with Crippen LogP contribution in [0.1, 0.15) is 19.3 Å². The Kier molecular flexibility index (Phi) is 21.1. The Bertz CT molecular complexity index is 1250. The fourth-order valence-corrected chi connectivity index (χ4v) is 3.71. The Morgan fingerprint density at radius 3 is 1.77 bits per heavy atom. The van der Waals surface area contributed by atoms with Gasteiger partial charge < -0.3 is 14.4 Å². The Labute approximate surface area is 260 Å². The van der Waals surface area contributed by atoms with Crippen molar-refractivity contribution in [2.24, 2.45) is 0 Å². The van der Waals surface area contributed by atoms with Crippen molar-refractivity contribution < 1.29 is 13.9 Å². The van der Waals surface area contributed by atoms with E-state index in [1.807, 2.05) is 82.9 Å². The van der Waals surface area contributed by atoms with Crippen molar-refractivity contribution in [3.63, 3.8) is 0 Å². The molecule has 7 aromatic rings. The third-order valence-corrected chi connectivity index (χ3v) is 6.02. The Morgan fingerprint density at radius 1 is 0.674 bits per heavy atom. The molecule has 1 fully saturated rings. The average Bonchev–Trinajstić information content (AvgIpc) is 3.94. The summed E-state index contributed by atoms with van der Waals surface area (Å²) in [5, 5.41) is 23.6. The lowest BCUT2D eigenvalue weighted by molar-refractivity contribution is -0.605. The maximum absolute atomic E-state index is 10.2. The fourth-order valence-electron chi connectivity index (χ4n) is 2.91. The molecule has 7 heterocycles. The van der Waals surface area contributed by atoms with Gasteiger partial charge in [0.15, 0.2) is 12.4 Å². The highest BCUT2D eigenvalue weighted by atomic mass is 32.1. The number of ether oxygens (including phenoxy) is 1. The van der Waals surface area contributed by atoms with Gasteiger partial charge in [0, 0.05) is 67.1 Å². The van der Waals surface area contributed by atoms with Gasteiger partial charge in [0.2, 0.25) is 0 Å². The van der Waals surface area contributed by atoms with Gasteiger partial charge in [-0.1, -0.05) is 42.5 Å². The molecule has 0 radical (unpaired) electrons. The van der Waals surface area contributed by atoms with Crippen molar-refractivity contribution in [1.82, 2.24) is 20.2 Å². The van der Waals surface area contributed by atoms with Crippen LogP contribution in [0.2, 0.25) is 0 Å². The minimum atomic E-state index is 0.750. The van der Waals surface area contributed by atoms with Crippen molar-refractivity contribution >= 4 is 33.6 Å². The van der Waals surface area contributed by atoms with E-state index in [-0.39, 0.29) is 0 Å². The first kappa shape index (κ1) is 34.6. The summed E-state index contributed by atoms with van der Waals surface area (Å²) < 4.78 is 10.9. The maximum atomic E-state index is 10.2. The molecule has 0 bridgehead atoms. The zero-order valence-corrected chi connectivity index (χ0v) is 25.5. The van der Waals surface area contributed by atoms with Gasteiger partial charge in [-0.25, -0.2) is 0 Å². The molecule has 0 unspecified atom stereocenters. The molecule has 1 aliphatic rings. The summed E-state index contributed by atoms with van der Waals surface area (Å²) in [5.74, 6) is 0. The highest BCUT2D eigenvalue weighted by molar-refractivity contribution is 7.07. The molecule has 8 nitrogen and oxygen atoms in total. The van der Waals surface area contributed by atoms with E-state index < -0.39 is 0 Å². The third kappa shape index (κ3) is 20.8. The Balaban J connectivity index is 0.000000177. The number of hydrogen-bond acceptors (Lipinski definition) is 8. The van der Waals surface area contributed by atoms with Crippen LogP contribution < -0.4 is 4.73 Å². The predicted molar refractivity (Wildman–Crippen MR) is 176 cm³/mol. The van der Waals surface area contributed by atoms with Gasteiger partial charge >= 0.3 is 0 Å². The first-order chi connectivity index (χ1) is 21.4. The fraction of sp³-hybridized carbons (Fsp3) is 0.152. The number of pyridine rings is 2. The van der Waals surface area contributed by atoms with Crippen LogP contribution in [0.25, 0.3) is 11.0 Å². The molecule has 1 aromatic carbocycles. The van der Waals surface area contributed by atoms with Crippen LogP contribution in [0.4, 0.5) is 0 Å². The Morgan fingerprint density at radius 2 is 1.42 bits per heavy atom. The molecule has 1 saturated heterocycles. The van der Waals surface area contributed by atoms with E-state index in [2.05, 4.69) is 20.2 Å². The van der Waals surface area contributed by atoms with E-state index in [0.29, 0.717) is 0 Å². The van der Waals surface area contributed by atoms with Crippen LogP contribution in [0.15, 0.2) is 161 Å². The molecule has 1 aliphatic heterocycles. The minimum Gasteiger partial charge on any atom is -0.619 e. The third-order valence-electron chi connectivity index (χ3n) is 4.87. The summed E-state index contributed by atoms with van der Waals surface area (Å²) in [4.78, 5) is 7.53. The molecule has 1 N–H and O–H groups in total. The monoisotopic (exact) mass is 615 g/mol. The number of aromatic nitrogens is 5. The summed E-state index contributed by atoms with van der Waals surface area (Å²) in [6.07, 6.45) is 17.2. The van der Waals surface area contributed by atoms with Gasteiger partial charge in [-0.3, -0.25) is 15.1 Å². The summed E-state index contributed by atoms with van der Waals surface area (Å²) in [7, 11) is 0. The van der Waals surface area contributed by atoms with E-state index in [1.54, 1.807) is 83.6 Å². The maximum Gasteiger partial charge on any atom is 0.180 e. The quantitative estimate of drug-likeness (QED) is 0.136. The number of nitrogens with zero attached hydrogens (tertiary/aromatic N) is 4. The number of fused-ring (bicyclic) bond motifs is 1. The number of benzene rings is 1.